The van der Waals surface area contributed by atoms with E-state index in [0.29, 0.717) is 6.54 Å². The third-order valence-corrected chi connectivity index (χ3v) is 8.16. The minimum absolute atomic E-state index is 0.0465. The summed E-state index contributed by atoms with van der Waals surface area (Å²) in [6.07, 6.45) is 13.1. The molecule has 2 rings (SSSR count). The predicted octanol–water partition coefficient (Wildman–Crippen LogP) is 8.00. The monoisotopic (exact) mass is 604 g/mol. The molecule has 0 radical (unpaired) electrons. The molecule has 1 atom stereocenters. The summed E-state index contributed by atoms with van der Waals surface area (Å²) >= 11 is 0. The van der Waals surface area contributed by atoms with Crippen LogP contribution in [0.3, 0.4) is 0 Å². The highest BCUT2D eigenvalue weighted by Crippen LogP contribution is 2.51. The molecule has 0 aliphatic heterocycles. The first-order chi connectivity index (χ1) is 20.4. The van der Waals surface area contributed by atoms with Gasteiger partial charge < -0.3 is 15.7 Å². The zero-order valence-electron chi connectivity index (χ0n) is 25.0. The van der Waals surface area contributed by atoms with Gasteiger partial charge in [-0.1, -0.05) is 138 Å². The molecule has 234 valence electrons. The van der Waals surface area contributed by atoms with Crippen molar-refractivity contribution in [2.75, 3.05) is 13.2 Å². The maximum atomic E-state index is 13.5. The number of amides is 2. The molecule has 2 amide bonds. The van der Waals surface area contributed by atoms with Crippen LogP contribution in [0.2, 0.25) is 0 Å². The third kappa shape index (κ3) is 16.7. The first-order valence-electron chi connectivity index (χ1n) is 15.3. The van der Waals surface area contributed by atoms with E-state index in [1.807, 2.05) is 36.4 Å². The van der Waals surface area contributed by atoms with Crippen molar-refractivity contribution in [2.45, 2.75) is 103 Å². The molecule has 1 unspecified atom stereocenters. The largest absolute Gasteiger partial charge is 0.475 e. The number of hydrogen-bond donors (Lipinski definition) is 3. The fourth-order valence-electron chi connectivity index (χ4n) is 4.37. The van der Waals surface area contributed by atoms with Crippen LogP contribution in [0.5, 0.6) is 0 Å². The van der Waals surface area contributed by atoms with Crippen molar-refractivity contribution in [1.82, 2.24) is 10.6 Å². The molecule has 0 aliphatic rings. The highest BCUT2D eigenvalue weighted by atomic mass is 31.2. The molecular formula is C32H49N2O7P. The fraction of sp³-hybridized carbons (Fsp3) is 0.562. The highest BCUT2D eigenvalue weighted by molar-refractivity contribution is 7.48. The topological polar surface area (TPSA) is 123 Å². The predicted molar refractivity (Wildman–Crippen MR) is 165 cm³/mol. The van der Waals surface area contributed by atoms with E-state index in [4.69, 9.17) is 13.6 Å². The zero-order valence-corrected chi connectivity index (χ0v) is 25.9. The number of hydrogen-bond acceptors (Lipinski definition) is 6. The molecule has 0 aliphatic carbocycles. The maximum Gasteiger partial charge on any atom is 0.475 e. The summed E-state index contributed by atoms with van der Waals surface area (Å²) in [5.74, 6) is -0.557. The highest BCUT2D eigenvalue weighted by Gasteiger charge is 2.31. The number of rotatable bonds is 24. The molecule has 0 aromatic heterocycles. The Labute approximate surface area is 251 Å². The fourth-order valence-corrected chi connectivity index (χ4v) is 5.54. The number of carboxylic acid groups (broad SMARTS) is 1. The van der Waals surface area contributed by atoms with Crippen LogP contribution in [-0.4, -0.2) is 36.3 Å². The van der Waals surface area contributed by atoms with Crippen molar-refractivity contribution in [1.29, 1.82) is 0 Å². The van der Waals surface area contributed by atoms with Crippen LogP contribution in [-0.2, 0) is 36.1 Å². The molecule has 9 nitrogen and oxygen atoms in total. The van der Waals surface area contributed by atoms with Gasteiger partial charge in [-0.2, -0.15) is 0 Å². The van der Waals surface area contributed by atoms with Gasteiger partial charge in [-0.3, -0.25) is 18.4 Å². The van der Waals surface area contributed by atoms with Crippen LogP contribution in [0.4, 0.5) is 4.79 Å². The van der Waals surface area contributed by atoms with Crippen molar-refractivity contribution in [2.24, 2.45) is 0 Å². The Hall–Kier alpha value is -2.71. The number of benzene rings is 2. The number of carbonyl (C=O) groups is 2. The van der Waals surface area contributed by atoms with Crippen LogP contribution in [0.25, 0.3) is 0 Å². The van der Waals surface area contributed by atoms with E-state index in [0.717, 1.165) is 30.4 Å². The van der Waals surface area contributed by atoms with E-state index in [9.17, 15) is 19.3 Å². The lowest BCUT2D eigenvalue weighted by molar-refractivity contribution is -0.123. The molecule has 0 heterocycles. The molecule has 42 heavy (non-hydrogen) atoms. The number of carbonyl (C=O) groups excluding carboxylic acids is 1. The lowest BCUT2D eigenvalue weighted by Crippen LogP contribution is -2.49. The van der Waals surface area contributed by atoms with Gasteiger partial charge in [0.2, 0.25) is 5.91 Å². The van der Waals surface area contributed by atoms with Gasteiger partial charge >= 0.3 is 13.9 Å². The van der Waals surface area contributed by atoms with E-state index in [1.54, 1.807) is 24.3 Å². The van der Waals surface area contributed by atoms with E-state index in [-0.39, 0.29) is 13.2 Å². The Morgan fingerprint density at radius 1 is 0.714 bits per heavy atom. The molecule has 2 aromatic rings. The summed E-state index contributed by atoms with van der Waals surface area (Å²) in [6, 6.07) is 16.9. The number of phosphoric acid groups is 1. The van der Waals surface area contributed by atoms with E-state index >= 15 is 0 Å². The number of nitrogens with one attached hydrogen (secondary N) is 2. The quantitative estimate of drug-likeness (QED) is 0.0819. The average molecular weight is 605 g/mol. The van der Waals surface area contributed by atoms with Gasteiger partial charge in [0, 0.05) is 6.54 Å². The second-order valence-corrected chi connectivity index (χ2v) is 12.1. The summed E-state index contributed by atoms with van der Waals surface area (Å²) in [7, 11) is -4.16. The van der Waals surface area contributed by atoms with Gasteiger partial charge in [0.1, 0.15) is 6.04 Å². The maximum absolute atomic E-state index is 13.5. The summed E-state index contributed by atoms with van der Waals surface area (Å²) in [4.78, 5) is 24.1. The summed E-state index contributed by atoms with van der Waals surface area (Å²) in [6.45, 7) is 2.04. The average Bonchev–Trinajstić information content (AvgIpc) is 3.00. The minimum Gasteiger partial charge on any atom is -0.465 e. The Kier molecular flexibility index (Phi) is 18.5. The van der Waals surface area contributed by atoms with Gasteiger partial charge in [0.15, 0.2) is 0 Å². The number of phosphoric ester groups is 1. The minimum atomic E-state index is -4.16. The van der Waals surface area contributed by atoms with Gasteiger partial charge in [-0.25, -0.2) is 9.36 Å². The van der Waals surface area contributed by atoms with Crippen molar-refractivity contribution in [3.63, 3.8) is 0 Å². The lowest BCUT2D eigenvalue weighted by Gasteiger charge is -2.22. The summed E-state index contributed by atoms with van der Waals surface area (Å²) in [5.41, 5.74) is 1.51. The standard InChI is InChI=1S/C32H49N2O7P/c1-2-3-4-5-6-7-8-9-10-11-12-19-24-33-31(35)30(34-32(36)37)27-41-42(38,39-25-28-20-15-13-16-21-28)40-26-29-22-17-14-18-23-29/h13-18,20-23,30,34H,2-12,19,24-27H2,1H3,(H,33,35)(H,36,37). The van der Waals surface area contributed by atoms with E-state index in [1.165, 1.54) is 57.8 Å². The third-order valence-electron chi connectivity index (χ3n) is 6.81. The van der Waals surface area contributed by atoms with E-state index in [2.05, 4.69) is 17.6 Å². The van der Waals surface area contributed by atoms with Gasteiger partial charge in [-0.15, -0.1) is 0 Å². The zero-order chi connectivity index (χ0) is 30.3. The Morgan fingerprint density at radius 3 is 1.62 bits per heavy atom. The Morgan fingerprint density at radius 2 is 1.17 bits per heavy atom. The molecule has 0 bridgehead atoms. The van der Waals surface area contributed by atoms with E-state index < -0.39 is 32.5 Å². The van der Waals surface area contributed by atoms with Crippen LogP contribution in [0.15, 0.2) is 60.7 Å². The van der Waals surface area contributed by atoms with Gasteiger partial charge in [0.25, 0.3) is 0 Å². The molecule has 0 fully saturated rings. The lowest BCUT2D eigenvalue weighted by atomic mass is 10.1. The Bertz CT molecular complexity index is 992. The molecule has 10 heteroatoms. The SMILES string of the molecule is CCCCCCCCCCCCCCNC(=O)C(COP(=O)(OCc1ccccc1)OCc1ccccc1)NC(=O)O. The van der Waals surface area contributed by atoms with Gasteiger partial charge in [0.05, 0.1) is 19.8 Å². The molecule has 0 saturated carbocycles. The van der Waals surface area contributed by atoms with Crippen molar-refractivity contribution in [3.8, 4) is 0 Å². The van der Waals surface area contributed by atoms with Crippen molar-refractivity contribution >= 4 is 19.8 Å². The second-order valence-electron chi connectivity index (χ2n) is 10.4. The molecule has 0 saturated heterocycles. The Balaban J connectivity index is 1.77. The molecule has 0 spiro atoms. The van der Waals surface area contributed by atoms with Crippen LogP contribution in [0.1, 0.15) is 95.1 Å². The normalized spacial score (nSPS) is 12.1. The van der Waals surface area contributed by atoms with Crippen molar-refractivity contribution < 1.29 is 32.8 Å². The van der Waals surface area contributed by atoms with Crippen LogP contribution < -0.4 is 10.6 Å². The smallest absolute Gasteiger partial charge is 0.465 e. The molecular weight excluding hydrogens is 555 g/mol. The summed E-state index contributed by atoms with van der Waals surface area (Å²) in [5, 5.41) is 14.2. The van der Waals surface area contributed by atoms with Crippen molar-refractivity contribution in [3.05, 3.63) is 71.8 Å². The first kappa shape index (κ1) is 35.5. The molecule has 3 N–H and O–H groups in total. The summed E-state index contributed by atoms with van der Waals surface area (Å²) < 4.78 is 30.1. The van der Waals surface area contributed by atoms with Gasteiger partial charge in [-0.05, 0) is 17.5 Å². The first-order valence-corrected chi connectivity index (χ1v) is 16.8. The molecule has 2 aromatic carbocycles. The number of unbranched alkanes of at least 4 members (excludes halogenated alkanes) is 11. The van der Waals surface area contributed by atoms with Crippen LogP contribution >= 0.6 is 7.82 Å². The van der Waals surface area contributed by atoms with Crippen LogP contribution in [0, 0.1) is 0 Å². The second kappa shape index (κ2) is 21.9.